The lowest BCUT2D eigenvalue weighted by atomic mass is 9.75. The summed E-state index contributed by atoms with van der Waals surface area (Å²) in [6.45, 7) is 5.15. The molecule has 2 rings (SSSR count). The summed E-state index contributed by atoms with van der Waals surface area (Å²) in [5.74, 6) is -2.23. The molecule has 1 aromatic carbocycles. The zero-order valence-electron chi connectivity index (χ0n) is 12.1. The van der Waals surface area contributed by atoms with E-state index in [4.69, 9.17) is 9.47 Å². The number of carbonyl (C=O) groups excluding carboxylic acids is 2. The number of hydrogen-bond donors (Lipinski definition) is 0. The molecule has 0 atom stereocenters. The Bertz CT molecular complexity index is 484. The third-order valence-corrected chi connectivity index (χ3v) is 3.55. The average molecular weight is 276 g/mol. The van der Waals surface area contributed by atoms with Gasteiger partial charge < -0.3 is 9.47 Å². The van der Waals surface area contributed by atoms with E-state index >= 15 is 0 Å². The van der Waals surface area contributed by atoms with Crippen LogP contribution in [-0.4, -0.2) is 17.7 Å². The van der Waals surface area contributed by atoms with Crippen LogP contribution in [0.2, 0.25) is 0 Å². The van der Waals surface area contributed by atoms with Gasteiger partial charge in [-0.05, 0) is 12.0 Å². The number of carbonyl (C=O) groups is 2. The third-order valence-electron chi connectivity index (χ3n) is 3.55. The standard InChI is InChI=1S/C16H20O4/c1-4-5-11-16(12-9-7-6-8-10-12)13(17)19-15(2,3)20-14(16)18/h6-10H,4-5,11H2,1-3H3. The van der Waals surface area contributed by atoms with Gasteiger partial charge in [0.15, 0.2) is 5.41 Å². The topological polar surface area (TPSA) is 52.6 Å². The number of benzene rings is 1. The Hall–Kier alpha value is -1.84. The van der Waals surface area contributed by atoms with E-state index in [1.54, 1.807) is 26.0 Å². The predicted octanol–water partition coefficient (Wildman–Crippen LogP) is 2.95. The maximum atomic E-state index is 12.5. The van der Waals surface area contributed by atoms with Crippen molar-refractivity contribution in [3.63, 3.8) is 0 Å². The van der Waals surface area contributed by atoms with Gasteiger partial charge in [0.1, 0.15) is 0 Å². The van der Waals surface area contributed by atoms with Crippen LogP contribution >= 0.6 is 0 Å². The Morgan fingerprint density at radius 1 is 1.00 bits per heavy atom. The molecule has 0 aliphatic carbocycles. The van der Waals surface area contributed by atoms with Crippen LogP contribution in [0.1, 0.15) is 45.6 Å². The Labute approximate surface area is 119 Å². The van der Waals surface area contributed by atoms with E-state index < -0.39 is 23.1 Å². The van der Waals surface area contributed by atoms with Crippen LogP contribution in [0, 0.1) is 0 Å². The molecule has 0 aromatic heterocycles. The zero-order valence-corrected chi connectivity index (χ0v) is 12.1. The lowest BCUT2D eigenvalue weighted by molar-refractivity contribution is -0.244. The van der Waals surface area contributed by atoms with E-state index in [1.165, 1.54) is 0 Å². The number of hydrogen-bond acceptors (Lipinski definition) is 4. The molecule has 20 heavy (non-hydrogen) atoms. The van der Waals surface area contributed by atoms with Gasteiger partial charge in [-0.25, -0.2) is 0 Å². The first-order chi connectivity index (χ1) is 9.42. The van der Waals surface area contributed by atoms with E-state index in [9.17, 15) is 9.59 Å². The lowest BCUT2D eigenvalue weighted by Crippen LogP contribution is -2.56. The van der Waals surface area contributed by atoms with Gasteiger partial charge in [-0.2, -0.15) is 0 Å². The molecule has 1 saturated heterocycles. The number of rotatable bonds is 4. The van der Waals surface area contributed by atoms with Crippen molar-refractivity contribution in [3.8, 4) is 0 Å². The minimum absolute atomic E-state index is 0.404. The molecule has 0 N–H and O–H groups in total. The van der Waals surface area contributed by atoms with Crippen molar-refractivity contribution in [2.45, 2.75) is 51.2 Å². The summed E-state index contributed by atoms with van der Waals surface area (Å²) in [6, 6.07) is 9.01. The van der Waals surface area contributed by atoms with Crippen molar-refractivity contribution in [1.82, 2.24) is 0 Å². The zero-order chi connectivity index (χ0) is 14.8. The van der Waals surface area contributed by atoms with Gasteiger partial charge in [0, 0.05) is 13.8 Å². The summed E-state index contributed by atoms with van der Waals surface area (Å²) in [5, 5.41) is 0. The Balaban J connectivity index is 2.47. The first kappa shape index (κ1) is 14.6. The maximum absolute atomic E-state index is 12.5. The van der Waals surface area contributed by atoms with Gasteiger partial charge in [0.25, 0.3) is 5.79 Å². The first-order valence-corrected chi connectivity index (χ1v) is 6.95. The normalized spacial score (nSPS) is 20.1. The minimum Gasteiger partial charge on any atom is -0.422 e. The molecule has 0 spiro atoms. The molecule has 0 radical (unpaired) electrons. The molecule has 108 valence electrons. The van der Waals surface area contributed by atoms with Crippen LogP contribution < -0.4 is 0 Å². The predicted molar refractivity (Wildman–Crippen MR) is 73.9 cm³/mol. The Kier molecular flexibility index (Phi) is 3.84. The minimum atomic E-state index is -1.33. The van der Waals surface area contributed by atoms with Crippen LogP contribution in [0.4, 0.5) is 0 Å². The molecule has 0 unspecified atom stereocenters. The second kappa shape index (κ2) is 5.27. The van der Waals surface area contributed by atoms with Gasteiger partial charge in [0.05, 0.1) is 0 Å². The van der Waals surface area contributed by atoms with Crippen molar-refractivity contribution >= 4 is 11.9 Å². The highest BCUT2D eigenvalue weighted by molar-refractivity contribution is 6.07. The molecule has 1 aliphatic heterocycles. The lowest BCUT2D eigenvalue weighted by Gasteiger charge is -2.40. The highest BCUT2D eigenvalue weighted by Crippen LogP contribution is 2.39. The monoisotopic (exact) mass is 276 g/mol. The third kappa shape index (κ3) is 2.42. The molecule has 1 aromatic rings. The summed E-state index contributed by atoms with van der Waals surface area (Å²) < 4.78 is 10.7. The quantitative estimate of drug-likeness (QED) is 0.626. The highest BCUT2D eigenvalue weighted by atomic mass is 16.7. The van der Waals surface area contributed by atoms with E-state index in [2.05, 4.69) is 0 Å². The molecule has 0 bridgehead atoms. The summed E-state index contributed by atoms with van der Waals surface area (Å²) in [5.41, 5.74) is -0.689. The smallest absolute Gasteiger partial charge is 0.331 e. The fraction of sp³-hybridized carbons (Fsp3) is 0.500. The second-order valence-electron chi connectivity index (χ2n) is 5.55. The summed E-state index contributed by atoms with van der Waals surface area (Å²) in [6.07, 6.45) is 2.04. The highest BCUT2D eigenvalue weighted by Gasteiger charge is 2.56. The van der Waals surface area contributed by atoms with Crippen LogP contribution in [0.25, 0.3) is 0 Å². The van der Waals surface area contributed by atoms with Crippen LogP contribution in [0.5, 0.6) is 0 Å². The summed E-state index contributed by atoms with van der Waals surface area (Å²) >= 11 is 0. The molecule has 0 saturated carbocycles. The molecule has 1 fully saturated rings. The molecule has 4 heteroatoms. The number of esters is 2. The average Bonchev–Trinajstić information content (AvgIpc) is 2.38. The van der Waals surface area contributed by atoms with E-state index in [1.807, 2.05) is 25.1 Å². The SMILES string of the molecule is CCCCC1(c2ccccc2)C(=O)OC(C)(C)OC1=O. The van der Waals surface area contributed by atoms with Crippen molar-refractivity contribution in [2.75, 3.05) is 0 Å². The van der Waals surface area contributed by atoms with Gasteiger partial charge in [-0.1, -0.05) is 50.1 Å². The van der Waals surface area contributed by atoms with Crippen molar-refractivity contribution in [2.24, 2.45) is 0 Å². The van der Waals surface area contributed by atoms with Crippen LogP contribution in [0.15, 0.2) is 30.3 Å². The van der Waals surface area contributed by atoms with Crippen LogP contribution in [-0.2, 0) is 24.5 Å². The number of cyclic esters (lactones) is 2. The maximum Gasteiger partial charge on any atom is 0.331 e. The number of unbranched alkanes of at least 4 members (excludes halogenated alkanes) is 1. The van der Waals surface area contributed by atoms with Gasteiger partial charge in [-0.15, -0.1) is 0 Å². The largest absolute Gasteiger partial charge is 0.422 e. The first-order valence-electron chi connectivity index (χ1n) is 6.95. The molecule has 1 heterocycles. The number of ether oxygens (including phenoxy) is 2. The van der Waals surface area contributed by atoms with Gasteiger partial charge >= 0.3 is 11.9 Å². The van der Waals surface area contributed by atoms with Crippen molar-refractivity contribution in [1.29, 1.82) is 0 Å². The van der Waals surface area contributed by atoms with Gasteiger partial charge in [-0.3, -0.25) is 9.59 Å². The Morgan fingerprint density at radius 2 is 1.55 bits per heavy atom. The van der Waals surface area contributed by atoms with Crippen molar-refractivity contribution < 1.29 is 19.1 Å². The fourth-order valence-corrected chi connectivity index (χ4v) is 2.47. The molecular formula is C16H20O4. The van der Waals surface area contributed by atoms with E-state index in [0.717, 1.165) is 12.8 Å². The Morgan fingerprint density at radius 3 is 2.05 bits per heavy atom. The van der Waals surface area contributed by atoms with E-state index in [-0.39, 0.29) is 0 Å². The molecule has 1 aliphatic rings. The summed E-state index contributed by atoms with van der Waals surface area (Å²) in [7, 11) is 0. The van der Waals surface area contributed by atoms with Crippen LogP contribution in [0.3, 0.4) is 0 Å². The fourth-order valence-electron chi connectivity index (χ4n) is 2.47. The van der Waals surface area contributed by atoms with E-state index in [0.29, 0.717) is 12.0 Å². The molecule has 0 amide bonds. The van der Waals surface area contributed by atoms with Gasteiger partial charge in [0.2, 0.25) is 0 Å². The molecular weight excluding hydrogens is 256 g/mol. The van der Waals surface area contributed by atoms with Crippen molar-refractivity contribution in [3.05, 3.63) is 35.9 Å². The summed E-state index contributed by atoms with van der Waals surface area (Å²) in [4.78, 5) is 25.1. The second-order valence-corrected chi connectivity index (χ2v) is 5.55. The molecule has 4 nitrogen and oxygen atoms in total.